The molecule has 3 heterocycles. The minimum absolute atomic E-state index is 0.0741. The summed E-state index contributed by atoms with van der Waals surface area (Å²) in [4.78, 5) is 23.4. The first kappa shape index (κ1) is 18.0. The Balaban J connectivity index is 1.28. The smallest absolute Gasteiger partial charge is 0.255 e. The van der Waals surface area contributed by atoms with Crippen LogP contribution < -0.4 is 4.74 Å². The van der Waals surface area contributed by atoms with Crippen molar-refractivity contribution in [2.75, 3.05) is 20.2 Å². The van der Waals surface area contributed by atoms with E-state index in [1.165, 1.54) is 30.8 Å². The summed E-state index contributed by atoms with van der Waals surface area (Å²) in [5.41, 5.74) is 1.91. The summed E-state index contributed by atoms with van der Waals surface area (Å²) < 4.78 is 7.47. The van der Waals surface area contributed by atoms with Crippen LogP contribution in [0.25, 0.3) is 0 Å². The topological polar surface area (TPSA) is 60.2 Å². The predicted molar refractivity (Wildman–Crippen MR) is 103 cm³/mol. The molecule has 0 spiro atoms. The SMILES string of the molecule is COc1ccc(C(=O)N2CCC(CCn3c(C)cnc3C3CC3)CC2)cn1. The number of hydrogen-bond acceptors (Lipinski definition) is 4. The van der Waals surface area contributed by atoms with E-state index in [2.05, 4.69) is 21.5 Å². The number of ether oxygens (including phenoxy) is 1. The molecule has 4 rings (SSSR count). The van der Waals surface area contributed by atoms with Gasteiger partial charge in [-0.05, 0) is 51.0 Å². The molecule has 1 saturated heterocycles. The zero-order valence-electron chi connectivity index (χ0n) is 16.2. The summed E-state index contributed by atoms with van der Waals surface area (Å²) in [6, 6.07) is 3.53. The van der Waals surface area contributed by atoms with Crippen molar-refractivity contribution in [2.24, 2.45) is 5.92 Å². The van der Waals surface area contributed by atoms with Crippen LogP contribution in [-0.4, -0.2) is 45.5 Å². The van der Waals surface area contributed by atoms with Gasteiger partial charge in [0.2, 0.25) is 5.88 Å². The molecule has 0 atom stereocenters. The van der Waals surface area contributed by atoms with Crippen LogP contribution in [0.3, 0.4) is 0 Å². The first-order chi connectivity index (χ1) is 13.2. The number of methoxy groups -OCH3 is 1. The van der Waals surface area contributed by atoms with E-state index in [4.69, 9.17) is 4.74 Å². The second-order valence-electron chi connectivity index (χ2n) is 7.80. The number of aromatic nitrogens is 3. The lowest BCUT2D eigenvalue weighted by molar-refractivity contribution is 0.0684. The van der Waals surface area contributed by atoms with Crippen LogP contribution in [-0.2, 0) is 6.54 Å². The molecule has 2 aliphatic rings. The van der Waals surface area contributed by atoms with E-state index >= 15 is 0 Å². The predicted octanol–water partition coefficient (Wildman–Crippen LogP) is 3.42. The molecule has 1 saturated carbocycles. The van der Waals surface area contributed by atoms with Crippen molar-refractivity contribution >= 4 is 5.91 Å². The molecular weight excluding hydrogens is 340 g/mol. The lowest BCUT2D eigenvalue weighted by atomic mass is 9.93. The molecule has 2 aromatic heterocycles. The van der Waals surface area contributed by atoms with Crippen LogP contribution in [0.4, 0.5) is 0 Å². The second-order valence-corrected chi connectivity index (χ2v) is 7.80. The molecule has 6 heteroatoms. The van der Waals surface area contributed by atoms with E-state index < -0.39 is 0 Å². The fourth-order valence-electron chi connectivity index (χ4n) is 3.98. The number of rotatable bonds is 6. The molecule has 1 amide bonds. The van der Waals surface area contributed by atoms with Crippen molar-refractivity contribution in [3.05, 3.63) is 41.6 Å². The maximum Gasteiger partial charge on any atom is 0.255 e. The number of amides is 1. The standard InChI is InChI=1S/C21H28N4O2/c1-15-13-23-20(17-3-4-17)25(15)12-9-16-7-10-24(11-8-16)21(26)18-5-6-19(27-2)22-14-18/h5-6,13-14,16-17H,3-4,7-12H2,1-2H3. The Morgan fingerprint density at radius 1 is 1.15 bits per heavy atom. The third kappa shape index (κ3) is 3.99. The van der Waals surface area contributed by atoms with Crippen LogP contribution in [0, 0.1) is 12.8 Å². The Morgan fingerprint density at radius 3 is 2.56 bits per heavy atom. The zero-order chi connectivity index (χ0) is 18.8. The molecule has 0 aromatic carbocycles. The maximum absolute atomic E-state index is 12.7. The van der Waals surface area contributed by atoms with E-state index in [-0.39, 0.29) is 5.91 Å². The molecule has 2 aromatic rings. The average Bonchev–Trinajstić information content (AvgIpc) is 3.49. The van der Waals surface area contributed by atoms with E-state index in [0.29, 0.717) is 23.3 Å². The molecule has 2 fully saturated rings. The van der Waals surface area contributed by atoms with E-state index in [1.54, 1.807) is 25.4 Å². The van der Waals surface area contributed by atoms with Gasteiger partial charge in [-0.15, -0.1) is 0 Å². The van der Waals surface area contributed by atoms with Gasteiger partial charge in [-0.25, -0.2) is 9.97 Å². The summed E-state index contributed by atoms with van der Waals surface area (Å²) >= 11 is 0. The normalized spacial score (nSPS) is 17.9. The molecule has 0 unspecified atom stereocenters. The third-order valence-corrected chi connectivity index (χ3v) is 5.88. The van der Waals surface area contributed by atoms with Crippen molar-refractivity contribution in [3.8, 4) is 5.88 Å². The highest BCUT2D eigenvalue weighted by atomic mass is 16.5. The quantitative estimate of drug-likeness (QED) is 0.784. The summed E-state index contributed by atoms with van der Waals surface area (Å²) in [5.74, 6) is 3.26. The van der Waals surface area contributed by atoms with Crippen LogP contribution in [0.1, 0.15) is 59.9 Å². The minimum atomic E-state index is 0.0741. The number of likely N-dealkylation sites (tertiary alicyclic amines) is 1. The number of imidazole rings is 1. The zero-order valence-corrected chi connectivity index (χ0v) is 16.2. The summed E-state index contributed by atoms with van der Waals surface area (Å²) in [5, 5.41) is 0. The highest BCUT2D eigenvalue weighted by Crippen LogP contribution is 2.39. The summed E-state index contributed by atoms with van der Waals surface area (Å²) in [6.07, 6.45) is 9.51. The molecule has 1 aliphatic heterocycles. The average molecular weight is 368 g/mol. The Labute approximate surface area is 160 Å². The first-order valence-electron chi connectivity index (χ1n) is 9.97. The summed E-state index contributed by atoms with van der Waals surface area (Å²) in [7, 11) is 1.58. The van der Waals surface area contributed by atoms with Crippen LogP contribution in [0.5, 0.6) is 5.88 Å². The Hall–Kier alpha value is -2.37. The van der Waals surface area contributed by atoms with Crippen molar-refractivity contribution in [1.29, 1.82) is 0 Å². The number of hydrogen-bond donors (Lipinski definition) is 0. The van der Waals surface area contributed by atoms with Gasteiger partial charge in [0.15, 0.2) is 0 Å². The Morgan fingerprint density at radius 2 is 1.93 bits per heavy atom. The van der Waals surface area contributed by atoms with E-state index in [9.17, 15) is 4.79 Å². The summed E-state index contributed by atoms with van der Waals surface area (Å²) in [6.45, 7) is 4.86. The molecule has 1 aliphatic carbocycles. The maximum atomic E-state index is 12.7. The fraction of sp³-hybridized carbons (Fsp3) is 0.571. The number of nitrogens with zero attached hydrogens (tertiary/aromatic N) is 4. The minimum Gasteiger partial charge on any atom is -0.481 e. The Bertz CT molecular complexity index is 787. The van der Waals surface area contributed by atoms with Gasteiger partial charge in [0.1, 0.15) is 5.82 Å². The van der Waals surface area contributed by atoms with Crippen molar-refractivity contribution in [3.63, 3.8) is 0 Å². The van der Waals surface area contributed by atoms with E-state index in [0.717, 1.165) is 32.5 Å². The lowest BCUT2D eigenvalue weighted by Gasteiger charge is -2.32. The van der Waals surface area contributed by atoms with E-state index in [1.807, 2.05) is 11.1 Å². The second kappa shape index (κ2) is 7.71. The number of aryl methyl sites for hydroxylation is 1. The molecule has 0 radical (unpaired) electrons. The van der Waals surface area contributed by atoms with Crippen molar-refractivity contribution in [2.45, 2.75) is 51.5 Å². The highest BCUT2D eigenvalue weighted by Gasteiger charge is 2.29. The van der Waals surface area contributed by atoms with Gasteiger partial charge in [0.25, 0.3) is 5.91 Å². The van der Waals surface area contributed by atoms with Crippen molar-refractivity contribution < 1.29 is 9.53 Å². The van der Waals surface area contributed by atoms with Crippen molar-refractivity contribution in [1.82, 2.24) is 19.4 Å². The van der Waals surface area contributed by atoms with Gasteiger partial charge in [-0.2, -0.15) is 0 Å². The Kier molecular flexibility index (Phi) is 5.14. The monoisotopic (exact) mass is 368 g/mol. The van der Waals surface area contributed by atoms with Gasteiger partial charge in [0, 0.05) is 49.7 Å². The number of pyridine rings is 1. The van der Waals surface area contributed by atoms with Gasteiger partial charge >= 0.3 is 0 Å². The highest BCUT2D eigenvalue weighted by molar-refractivity contribution is 5.94. The van der Waals surface area contributed by atoms with Gasteiger partial charge in [0.05, 0.1) is 12.7 Å². The van der Waals surface area contributed by atoms with Crippen LogP contribution >= 0.6 is 0 Å². The largest absolute Gasteiger partial charge is 0.481 e. The number of carbonyl (C=O) groups is 1. The van der Waals surface area contributed by atoms with Gasteiger partial charge < -0.3 is 14.2 Å². The molecule has 144 valence electrons. The molecular formula is C21H28N4O2. The third-order valence-electron chi connectivity index (χ3n) is 5.88. The van der Waals surface area contributed by atoms with Gasteiger partial charge in [-0.1, -0.05) is 0 Å². The van der Waals surface area contributed by atoms with Crippen LogP contribution in [0.2, 0.25) is 0 Å². The number of piperidine rings is 1. The fourth-order valence-corrected chi connectivity index (χ4v) is 3.98. The molecule has 0 bridgehead atoms. The van der Waals surface area contributed by atoms with Gasteiger partial charge in [-0.3, -0.25) is 4.79 Å². The molecule has 0 N–H and O–H groups in total. The molecule has 6 nitrogen and oxygen atoms in total. The van der Waals surface area contributed by atoms with Crippen LogP contribution in [0.15, 0.2) is 24.5 Å². The first-order valence-corrected chi connectivity index (χ1v) is 9.97. The molecule has 27 heavy (non-hydrogen) atoms. The number of carbonyl (C=O) groups excluding carboxylic acids is 1. The lowest BCUT2D eigenvalue weighted by Crippen LogP contribution is -2.38.